The van der Waals surface area contributed by atoms with Crippen LogP contribution in [0, 0.1) is 27.7 Å². The summed E-state index contributed by atoms with van der Waals surface area (Å²) in [4.78, 5) is 9.16. The van der Waals surface area contributed by atoms with Crippen LogP contribution in [0.1, 0.15) is 27.7 Å². The van der Waals surface area contributed by atoms with Crippen molar-refractivity contribution in [3.63, 3.8) is 0 Å². The van der Waals surface area contributed by atoms with Crippen LogP contribution in [-0.4, -0.2) is 11.4 Å². The van der Waals surface area contributed by atoms with Gasteiger partial charge in [0.05, 0.1) is 6.26 Å². The Bertz CT molecular complexity index is 55.2. The quantitative estimate of drug-likeness (QED) is 0.248. The van der Waals surface area contributed by atoms with Crippen LogP contribution in [0.5, 0.6) is 0 Å². The predicted octanol–water partition coefficient (Wildman–Crippen LogP) is 3.62. The average molecular weight is 236 g/mol. The topological polar surface area (TPSA) is 37.3 Å². The Kier molecular flexibility index (Phi) is 569. The van der Waals surface area contributed by atoms with Gasteiger partial charge in [-0.2, -0.15) is 27.7 Å². The minimum atomic E-state index is 0. The van der Waals surface area contributed by atoms with Gasteiger partial charge in [0.2, 0.25) is 0 Å². The van der Waals surface area contributed by atoms with Crippen LogP contribution in [0.15, 0.2) is 12.3 Å². The summed E-state index contributed by atoms with van der Waals surface area (Å²) in [6.45, 7) is 20.0. The van der Waals surface area contributed by atoms with Gasteiger partial charge < -0.3 is 32.8 Å². The zero-order valence-corrected chi connectivity index (χ0v) is 11.5. The number of hydrogen-bond acceptors (Lipinski definition) is 2. The molecule has 14 heavy (non-hydrogen) atoms. The van der Waals surface area contributed by atoms with E-state index >= 15 is 0 Å². The monoisotopic (exact) mass is 236 g/mol. The average Bonchev–Trinajstić information content (AvgIpc) is 2.30. The van der Waals surface area contributed by atoms with Crippen LogP contribution in [0.4, 0.5) is 0 Å². The van der Waals surface area contributed by atoms with Gasteiger partial charge in [-0.15, -0.1) is 0 Å². The maximum absolute atomic E-state index is 9.16. The minimum Gasteiger partial charge on any atom is -0.515 e. The summed E-state index contributed by atoms with van der Waals surface area (Å²) in [6, 6.07) is 0. The third-order valence-electron chi connectivity index (χ3n) is 0.165. The predicted molar refractivity (Wildman–Crippen MR) is 62.0 cm³/mol. The zero-order chi connectivity index (χ0) is 12.1. The van der Waals surface area contributed by atoms with E-state index in [1.807, 2.05) is 0 Å². The number of rotatable bonds is 1. The molecule has 84 valence electrons. The SMILES string of the molecule is O=CC=CO.[CH2-]C.[CH2-]C.[CH2-]C.[CH2-]C.[Ti+4]. The summed E-state index contributed by atoms with van der Waals surface area (Å²) in [5.41, 5.74) is 0. The Morgan fingerprint density at radius 3 is 1.07 bits per heavy atom. The largest absolute Gasteiger partial charge is 4.00 e. The van der Waals surface area contributed by atoms with Crippen molar-refractivity contribution in [3.05, 3.63) is 40.0 Å². The summed E-state index contributed by atoms with van der Waals surface area (Å²) in [5.74, 6) is 0. The first-order chi connectivity index (χ1) is 6.41. The normalized spacial score (nSPS) is 4.86. The molecule has 0 aliphatic heterocycles. The molecule has 0 aliphatic rings. The van der Waals surface area contributed by atoms with Crippen molar-refractivity contribution in [1.29, 1.82) is 0 Å². The number of aliphatic hydroxyl groups is 1. The van der Waals surface area contributed by atoms with Crippen molar-refractivity contribution in [1.82, 2.24) is 0 Å². The van der Waals surface area contributed by atoms with Gasteiger partial charge in [-0.05, 0) is 0 Å². The van der Waals surface area contributed by atoms with Crippen molar-refractivity contribution in [2.45, 2.75) is 27.7 Å². The van der Waals surface area contributed by atoms with Crippen LogP contribution in [0.25, 0.3) is 0 Å². The van der Waals surface area contributed by atoms with E-state index in [0.29, 0.717) is 12.5 Å². The third-order valence-corrected chi connectivity index (χ3v) is 0.165. The molecule has 0 amide bonds. The molecule has 0 aliphatic carbocycles. The van der Waals surface area contributed by atoms with E-state index < -0.39 is 0 Å². The molecule has 3 heteroatoms. The maximum Gasteiger partial charge on any atom is 4.00 e. The number of aliphatic hydroxyl groups excluding tert-OH is 1. The van der Waals surface area contributed by atoms with E-state index in [1.165, 1.54) is 0 Å². The van der Waals surface area contributed by atoms with Crippen LogP contribution in [0.3, 0.4) is 0 Å². The van der Waals surface area contributed by atoms with Crippen molar-refractivity contribution >= 4 is 6.29 Å². The van der Waals surface area contributed by atoms with Gasteiger partial charge in [-0.3, -0.25) is 4.79 Å². The summed E-state index contributed by atoms with van der Waals surface area (Å²) < 4.78 is 0. The van der Waals surface area contributed by atoms with Gasteiger partial charge in [-0.25, -0.2) is 0 Å². The van der Waals surface area contributed by atoms with E-state index in [2.05, 4.69) is 27.7 Å². The second-order valence-corrected chi connectivity index (χ2v) is 0.478. The minimum absolute atomic E-state index is 0. The Morgan fingerprint density at radius 2 is 1.07 bits per heavy atom. The molecular formula is C11H24O2Ti. The van der Waals surface area contributed by atoms with Crippen molar-refractivity contribution in [2.24, 2.45) is 0 Å². The van der Waals surface area contributed by atoms with Crippen LogP contribution in [0.2, 0.25) is 0 Å². The summed E-state index contributed by atoms with van der Waals surface area (Å²) in [5, 5.41) is 7.65. The second kappa shape index (κ2) is 215. The van der Waals surface area contributed by atoms with Crippen LogP contribution < -0.4 is 0 Å². The molecule has 1 N–H and O–H groups in total. The first-order valence-corrected chi connectivity index (χ1v) is 3.99. The molecule has 0 spiro atoms. The third kappa shape index (κ3) is 384. The Morgan fingerprint density at radius 1 is 0.857 bits per heavy atom. The van der Waals surface area contributed by atoms with Crippen molar-refractivity contribution in [3.8, 4) is 0 Å². The van der Waals surface area contributed by atoms with Gasteiger partial charge in [0, 0.05) is 6.08 Å². The summed E-state index contributed by atoms with van der Waals surface area (Å²) in [6.07, 6.45) is 2.19. The Hall–Kier alpha value is -0.0757. The molecule has 0 aromatic heterocycles. The van der Waals surface area contributed by atoms with Gasteiger partial charge >= 0.3 is 21.7 Å². The van der Waals surface area contributed by atoms with E-state index in [4.69, 9.17) is 9.90 Å². The van der Waals surface area contributed by atoms with Gasteiger partial charge in [-0.1, -0.05) is 0 Å². The Balaban J connectivity index is -0.0000000156. The number of aldehydes is 1. The second-order valence-electron chi connectivity index (χ2n) is 0.478. The molecule has 0 heterocycles. The number of hydrogen-bond donors (Lipinski definition) is 1. The number of carbonyl (C=O) groups is 1. The molecule has 0 saturated heterocycles. The fraction of sp³-hybridized carbons (Fsp3) is 0.364. The first-order valence-electron chi connectivity index (χ1n) is 3.99. The number of carbonyl (C=O) groups excluding carboxylic acids is 1. The fourth-order valence-corrected chi connectivity index (χ4v) is 0.0351. The van der Waals surface area contributed by atoms with Gasteiger partial charge in [0.1, 0.15) is 6.29 Å². The molecule has 0 saturated carbocycles. The van der Waals surface area contributed by atoms with Crippen LogP contribution in [-0.2, 0) is 26.5 Å². The number of allylic oxidation sites excluding steroid dienone is 1. The molecule has 0 bridgehead atoms. The van der Waals surface area contributed by atoms with E-state index in [-0.39, 0.29) is 21.7 Å². The van der Waals surface area contributed by atoms with Gasteiger partial charge in [0.25, 0.3) is 0 Å². The van der Waals surface area contributed by atoms with Crippen molar-refractivity contribution in [2.75, 3.05) is 0 Å². The van der Waals surface area contributed by atoms with E-state index in [0.717, 1.165) is 6.08 Å². The Labute approximate surface area is 106 Å². The summed E-state index contributed by atoms with van der Waals surface area (Å²) >= 11 is 0. The zero-order valence-electron chi connectivity index (χ0n) is 9.92. The molecule has 2 nitrogen and oxygen atoms in total. The molecule has 0 unspecified atom stereocenters. The molecule has 0 fully saturated rings. The first kappa shape index (κ1) is 37.0. The molecule has 0 aromatic rings. The van der Waals surface area contributed by atoms with Crippen LogP contribution >= 0.6 is 0 Å². The molecule has 0 rings (SSSR count). The van der Waals surface area contributed by atoms with E-state index in [1.54, 1.807) is 27.7 Å². The van der Waals surface area contributed by atoms with Crippen molar-refractivity contribution < 1.29 is 31.6 Å². The molecular weight excluding hydrogens is 212 g/mol. The smallest absolute Gasteiger partial charge is 0.515 e. The maximum atomic E-state index is 9.16. The standard InChI is InChI=1S/C3H4O2.4C2H5.Ti/c4-2-1-3-5;4*1-2;/h1-4H;4*1H2,2H3;/q;4*-1;+4. The van der Waals surface area contributed by atoms with Gasteiger partial charge in [0.15, 0.2) is 0 Å². The summed E-state index contributed by atoms with van der Waals surface area (Å²) in [7, 11) is 0. The molecule has 0 atom stereocenters. The molecule has 0 radical (unpaired) electrons. The fourth-order valence-electron chi connectivity index (χ4n) is 0.0351. The molecule has 0 aromatic carbocycles. The van der Waals surface area contributed by atoms with E-state index in [9.17, 15) is 0 Å².